The van der Waals surface area contributed by atoms with Crippen LogP contribution in [0.2, 0.25) is 5.28 Å². The number of ether oxygens (including phenoxy) is 1. The van der Waals surface area contributed by atoms with Crippen molar-refractivity contribution >= 4 is 11.6 Å². The SMILES string of the molecule is CC(C)Oc1nc(Cl)nc(-n2cncn2)n1. The summed E-state index contributed by atoms with van der Waals surface area (Å²) in [7, 11) is 0. The van der Waals surface area contributed by atoms with E-state index in [0.717, 1.165) is 0 Å². The third-order valence-corrected chi connectivity index (χ3v) is 1.71. The van der Waals surface area contributed by atoms with Gasteiger partial charge in [0, 0.05) is 0 Å². The lowest BCUT2D eigenvalue weighted by Crippen LogP contribution is -2.11. The molecule has 0 bridgehead atoms. The molecule has 16 heavy (non-hydrogen) atoms. The molecule has 0 N–H and O–H groups in total. The van der Waals surface area contributed by atoms with Gasteiger partial charge in [-0.2, -0.15) is 24.7 Å². The maximum atomic E-state index is 5.75. The molecule has 0 aliphatic rings. The van der Waals surface area contributed by atoms with Gasteiger partial charge in [0.15, 0.2) is 0 Å². The van der Waals surface area contributed by atoms with Gasteiger partial charge in [0.1, 0.15) is 12.7 Å². The van der Waals surface area contributed by atoms with Crippen LogP contribution in [0.1, 0.15) is 13.8 Å². The molecule has 0 amide bonds. The first kappa shape index (κ1) is 10.7. The minimum Gasteiger partial charge on any atom is -0.461 e. The average Bonchev–Trinajstić information content (AvgIpc) is 2.67. The molecule has 2 heterocycles. The van der Waals surface area contributed by atoms with Gasteiger partial charge >= 0.3 is 6.01 Å². The third-order valence-electron chi connectivity index (χ3n) is 1.54. The molecule has 0 aliphatic carbocycles. The second-order valence-electron chi connectivity index (χ2n) is 3.19. The molecule has 84 valence electrons. The Hall–Kier alpha value is -1.76. The van der Waals surface area contributed by atoms with Crippen LogP contribution in [-0.4, -0.2) is 35.8 Å². The van der Waals surface area contributed by atoms with Crippen molar-refractivity contribution in [2.24, 2.45) is 0 Å². The number of rotatable bonds is 3. The highest BCUT2D eigenvalue weighted by molar-refractivity contribution is 6.28. The van der Waals surface area contributed by atoms with Crippen LogP contribution >= 0.6 is 11.6 Å². The number of halogens is 1. The van der Waals surface area contributed by atoms with Crippen molar-refractivity contribution in [1.29, 1.82) is 0 Å². The van der Waals surface area contributed by atoms with E-state index in [4.69, 9.17) is 16.3 Å². The monoisotopic (exact) mass is 240 g/mol. The van der Waals surface area contributed by atoms with Crippen molar-refractivity contribution in [2.45, 2.75) is 20.0 Å². The highest BCUT2D eigenvalue weighted by Crippen LogP contribution is 2.11. The number of aromatic nitrogens is 6. The van der Waals surface area contributed by atoms with Crippen LogP contribution in [0.15, 0.2) is 12.7 Å². The van der Waals surface area contributed by atoms with Gasteiger partial charge in [-0.1, -0.05) is 0 Å². The van der Waals surface area contributed by atoms with Gasteiger partial charge in [0.05, 0.1) is 6.10 Å². The van der Waals surface area contributed by atoms with Crippen LogP contribution in [0, 0.1) is 0 Å². The van der Waals surface area contributed by atoms with Gasteiger partial charge in [-0.25, -0.2) is 4.98 Å². The fourth-order valence-corrected chi connectivity index (χ4v) is 1.15. The lowest BCUT2D eigenvalue weighted by molar-refractivity contribution is 0.221. The van der Waals surface area contributed by atoms with Gasteiger partial charge in [-0.05, 0) is 25.4 Å². The molecule has 2 aromatic rings. The van der Waals surface area contributed by atoms with E-state index in [2.05, 4.69) is 25.0 Å². The highest BCUT2D eigenvalue weighted by atomic mass is 35.5. The topological polar surface area (TPSA) is 78.6 Å². The average molecular weight is 241 g/mol. The fourth-order valence-electron chi connectivity index (χ4n) is 0.999. The Balaban J connectivity index is 2.36. The Morgan fingerprint density at radius 3 is 2.75 bits per heavy atom. The summed E-state index contributed by atoms with van der Waals surface area (Å²) in [5.41, 5.74) is 0. The summed E-state index contributed by atoms with van der Waals surface area (Å²) in [5.74, 6) is 0.271. The first-order chi connectivity index (χ1) is 7.65. The Labute approximate surface area is 96.5 Å². The quantitative estimate of drug-likeness (QED) is 0.793. The summed E-state index contributed by atoms with van der Waals surface area (Å²) in [4.78, 5) is 15.6. The summed E-state index contributed by atoms with van der Waals surface area (Å²) >= 11 is 5.75. The summed E-state index contributed by atoms with van der Waals surface area (Å²) in [5, 5.41) is 3.94. The first-order valence-corrected chi connectivity index (χ1v) is 4.96. The lowest BCUT2D eigenvalue weighted by atomic mass is 10.5. The molecule has 0 aromatic carbocycles. The van der Waals surface area contributed by atoms with E-state index < -0.39 is 0 Å². The summed E-state index contributed by atoms with van der Waals surface area (Å²) in [6, 6.07) is 0.167. The molecule has 2 aromatic heterocycles. The zero-order valence-corrected chi connectivity index (χ0v) is 9.46. The summed E-state index contributed by atoms with van der Waals surface area (Å²) in [6.07, 6.45) is 2.80. The fraction of sp³-hybridized carbons (Fsp3) is 0.375. The van der Waals surface area contributed by atoms with Crippen LogP contribution in [0.5, 0.6) is 6.01 Å². The van der Waals surface area contributed by atoms with Crippen molar-refractivity contribution < 1.29 is 4.74 Å². The van der Waals surface area contributed by atoms with Crippen LogP contribution < -0.4 is 4.74 Å². The predicted molar refractivity (Wildman–Crippen MR) is 55.5 cm³/mol. The molecule has 0 saturated carbocycles. The van der Waals surface area contributed by atoms with Crippen molar-refractivity contribution in [3.8, 4) is 12.0 Å². The van der Waals surface area contributed by atoms with Crippen LogP contribution in [0.3, 0.4) is 0 Å². The molecule has 0 fully saturated rings. The van der Waals surface area contributed by atoms with E-state index in [-0.39, 0.29) is 23.3 Å². The molecule has 0 spiro atoms. The molecule has 7 nitrogen and oxygen atoms in total. The zero-order chi connectivity index (χ0) is 11.5. The van der Waals surface area contributed by atoms with Crippen molar-refractivity contribution in [3.63, 3.8) is 0 Å². The number of hydrogen-bond donors (Lipinski definition) is 0. The van der Waals surface area contributed by atoms with Crippen LogP contribution in [-0.2, 0) is 0 Å². The van der Waals surface area contributed by atoms with Crippen molar-refractivity contribution in [2.75, 3.05) is 0 Å². The minimum absolute atomic E-state index is 0.0398. The van der Waals surface area contributed by atoms with Gasteiger partial charge in [0.2, 0.25) is 5.28 Å². The Kier molecular flexibility index (Phi) is 2.95. The molecule has 0 unspecified atom stereocenters. The lowest BCUT2D eigenvalue weighted by Gasteiger charge is -2.08. The molecular weight excluding hydrogens is 232 g/mol. The molecule has 0 aliphatic heterocycles. The van der Waals surface area contributed by atoms with E-state index in [1.54, 1.807) is 0 Å². The summed E-state index contributed by atoms with van der Waals surface area (Å²) < 4.78 is 6.70. The normalized spacial score (nSPS) is 10.8. The van der Waals surface area contributed by atoms with Gasteiger partial charge in [0.25, 0.3) is 5.95 Å². The second kappa shape index (κ2) is 4.40. The number of hydrogen-bond acceptors (Lipinski definition) is 6. The minimum atomic E-state index is -0.0398. The van der Waals surface area contributed by atoms with E-state index in [9.17, 15) is 0 Å². The molecule has 0 radical (unpaired) electrons. The largest absolute Gasteiger partial charge is 0.461 e. The van der Waals surface area contributed by atoms with E-state index in [1.807, 2.05) is 13.8 Å². The maximum Gasteiger partial charge on any atom is 0.322 e. The third kappa shape index (κ3) is 2.43. The Morgan fingerprint density at radius 2 is 2.12 bits per heavy atom. The van der Waals surface area contributed by atoms with Crippen LogP contribution in [0.25, 0.3) is 5.95 Å². The standard InChI is InChI=1S/C8H9ClN6O/c1-5(2)16-8-13-6(9)12-7(14-8)15-4-10-3-11-15/h3-5H,1-2H3. The highest BCUT2D eigenvalue weighted by Gasteiger charge is 2.09. The number of nitrogens with zero attached hydrogens (tertiary/aromatic N) is 6. The van der Waals surface area contributed by atoms with Crippen LogP contribution in [0.4, 0.5) is 0 Å². The first-order valence-electron chi connectivity index (χ1n) is 4.58. The van der Waals surface area contributed by atoms with Gasteiger partial charge < -0.3 is 4.74 Å². The van der Waals surface area contributed by atoms with Crippen molar-refractivity contribution in [1.82, 2.24) is 29.7 Å². The summed E-state index contributed by atoms with van der Waals surface area (Å²) in [6.45, 7) is 3.74. The maximum absolute atomic E-state index is 5.75. The zero-order valence-electron chi connectivity index (χ0n) is 8.70. The van der Waals surface area contributed by atoms with E-state index in [0.29, 0.717) is 0 Å². The van der Waals surface area contributed by atoms with E-state index >= 15 is 0 Å². The molecular formula is C8H9ClN6O. The van der Waals surface area contributed by atoms with Gasteiger partial charge in [-0.15, -0.1) is 0 Å². The second-order valence-corrected chi connectivity index (χ2v) is 3.53. The molecule has 0 atom stereocenters. The molecule has 8 heteroatoms. The Bertz CT molecular complexity index is 471. The van der Waals surface area contributed by atoms with Gasteiger partial charge in [-0.3, -0.25) is 0 Å². The smallest absolute Gasteiger partial charge is 0.322 e. The molecule has 2 rings (SSSR count). The Morgan fingerprint density at radius 1 is 1.31 bits per heavy atom. The van der Waals surface area contributed by atoms with E-state index in [1.165, 1.54) is 17.3 Å². The molecule has 0 saturated heterocycles. The predicted octanol–water partition coefficient (Wildman–Crippen LogP) is 0.893. The van der Waals surface area contributed by atoms with Crippen molar-refractivity contribution in [3.05, 3.63) is 17.9 Å².